The summed E-state index contributed by atoms with van der Waals surface area (Å²) < 4.78 is 5.50. The zero-order chi connectivity index (χ0) is 18.6. The van der Waals surface area contributed by atoms with Crippen LogP contribution < -0.4 is 0 Å². The molecular weight excluding hydrogens is 314 g/mol. The van der Waals surface area contributed by atoms with Crippen LogP contribution in [-0.2, 0) is 11.2 Å². The number of amides is 1. The molecule has 5 nitrogen and oxygen atoms in total. The monoisotopic (exact) mass is 347 g/mol. The van der Waals surface area contributed by atoms with Gasteiger partial charge in [0, 0.05) is 44.1 Å². The highest BCUT2D eigenvalue weighted by Gasteiger charge is 2.31. The number of aromatic nitrogens is 1. The Morgan fingerprint density at radius 2 is 1.88 bits per heavy atom. The second-order valence-corrected chi connectivity index (χ2v) is 8.09. The SMILES string of the molecule is CCc1ncccc1C(C(C)C)N1CCN(C(=O)OC(C)(C)C)CC1. The van der Waals surface area contributed by atoms with Crippen molar-refractivity contribution in [2.45, 2.75) is 59.6 Å². The van der Waals surface area contributed by atoms with E-state index in [-0.39, 0.29) is 6.09 Å². The first-order valence-corrected chi connectivity index (χ1v) is 9.38. The summed E-state index contributed by atoms with van der Waals surface area (Å²) in [5.74, 6) is 0.488. The number of piperazine rings is 1. The number of rotatable bonds is 4. The van der Waals surface area contributed by atoms with Crippen LogP contribution in [0.3, 0.4) is 0 Å². The van der Waals surface area contributed by atoms with Crippen LogP contribution in [0.5, 0.6) is 0 Å². The van der Waals surface area contributed by atoms with Crippen LogP contribution in [0, 0.1) is 5.92 Å². The second kappa shape index (κ2) is 8.17. The van der Waals surface area contributed by atoms with Crippen LogP contribution in [-0.4, -0.2) is 52.7 Å². The highest BCUT2D eigenvalue weighted by atomic mass is 16.6. The molecule has 1 aromatic heterocycles. The molecule has 1 unspecified atom stereocenters. The fraction of sp³-hybridized carbons (Fsp3) is 0.700. The molecule has 0 N–H and O–H groups in total. The lowest BCUT2D eigenvalue weighted by atomic mass is 9.92. The lowest BCUT2D eigenvalue weighted by Gasteiger charge is -2.41. The Labute approximate surface area is 152 Å². The summed E-state index contributed by atoms with van der Waals surface area (Å²) >= 11 is 0. The van der Waals surface area contributed by atoms with Crippen molar-refractivity contribution in [3.63, 3.8) is 0 Å². The van der Waals surface area contributed by atoms with Gasteiger partial charge >= 0.3 is 6.09 Å². The molecule has 1 aromatic rings. The van der Waals surface area contributed by atoms with Crippen LogP contribution in [0.25, 0.3) is 0 Å². The lowest BCUT2D eigenvalue weighted by Crippen LogP contribution is -2.51. The van der Waals surface area contributed by atoms with Crippen molar-refractivity contribution in [3.8, 4) is 0 Å². The van der Waals surface area contributed by atoms with Crippen molar-refractivity contribution in [3.05, 3.63) is 29.6 Å². The first kappa shape index (κ1) is 19.7. The number of aryl methyl sites for hydroxylation is 1. The molecule has 0 aliphatic carbocycles. The van der Waals surface area contributed by atoms with Gasteiger partial charge in [0.15, 0.2) is 0 Å². The van der Waals surface area contributed by atoms with E-state index in [1.54, 1.807) is 0 Å². The summed E-state index contributed by atoms with van der Waals surface area (Å²) in [5.41, 5.74) is 2.06. The summed E-state index contributed by atoms with van der Waals surface area (Å²) in [4.78, 5) is 21.1. The maximum atomic E-state index is 12.3. The zero-order valence-corrected chi connectivity index (χ0v) is 16.6. The van der Waals surface area contributed by atoms with Crippen molar-refractivity contribution < 1.29 is 9.53 Å². The van der Waals surface area contributed by atoms with Crippen molar-refractivity contribution in [1.82, 2.24) is 14.8 Å². The highest BCUT2D eigenvalue weighted by molar-refractivity contribution is 5.68. The Balaban J connectivity index is 2.07. The lowest BCUT2D eigenvalue weighted by molar-refractivity contribution is 0.00739. The zero-order valence-electron chi connectivity index (χ0n) is 16.6. The minimum absolute atomic E-state index is 0.205. The first-order chi connectivity index (χ1) is 11.7. The number of carbonyl (C=O) groups is 1. The number of hydrogen-bond acceptors (Lipinski definition) is 4. The Morgan fingerprint density at radius 1 is 1.24 bits per heavy atom. The molecule has 0 radical (unpaired) electrons. The maximum Gasteiger partial charge on any atom is 0.410 e. The third kappa shape index (κ3) is 5.18. The molecule has 25 heavy (non-hydrogen) atoms. The Morgan fingerprint density at radius 3 is 2.40 bits per heavy atom. The minimum Gasteiger partial charge on any atom is -0.444 e. The predicted octanol–water partition coefficient (Wildman–Crippen LogP) is 3.89. The Kier molecular flexibility index (Phi) is 6.44. The summed E-state index contributed by atoms with van der Waals surface area (Å²) in [5, 5.41) is 0. The van der Waals surface area contributed by atoms with E-state index in [4.69, 9.17) is 4.74 Å². The third-order valence-corrected chi connectivity index (χ3v) is 4.57. The largest absolute Gasteiger partial charge is 0.444 e. The molecular formula is C20H33N3O2. The Bertz CT molecular complexity index is 573. The molecule has 1 amide bonds. The van der Waals surface area contributed by atoms with Gasteiger partial charge in [-0.3, -0.25) is 9.88 Å². The molecule has 140 valence electrons. The number of hydrogen-bond donors (Lipinski definition) is 0. The predicted molar refractivity (Wildman–Crippen MR) is 101 cm³/mol. The molecule has 0 bridgehead atoms. The smallest absolute Gasteiger partial charge is 0.410 e. The molecule has 0 aromatic carbocycles. The van der Waals surface area contributed by atoms with Crippen LogP contribution in [0.15, 0.2) is 18.3 Å². The van der Waals surface area contributed by atoms with Gasteiger partial charge in [-0.25, -0.2) is 4.79 Å². The normalized spacial score (nSPS) is 17.6. The van der Waals surface area contributed by atoms with Gasteiger partial charge in [0.05, 0.1) is 0 Å². The molecule has 2 rings (SSSR count). The molecule has 1 saturated heterocycles. The van der Waals surface area contributed by atoms with Crippen LogP contribution in [0.4, 0.5) is 4.79 Å². The molecule has 1 aliphatic heterocycles. The molecule has 0 spiro atoms. The van der Waals surface area contributed by atoms with Crippen LogP contribution in [0.2, 0.25) is 0 Å². The van der Waals surface area contributed by atoms with Gasteiger partial charge in [-0.2, -0.15) is 0 Å². The molecule has 1 atom stereocenters. The summed E-state index contributed by atoms with van der Waals surface area (Å²) in [6, 6.07) is 4.57. The van der Waals surface area contributed by atoms with Crippen LogP contribution >= 0.6 is 0 Å². The van der Waals surface area contributed by atoms with Crippen molar-refractivity contribution in [2.24, 2.45) is 5.92 Å². The molecule has 1 fully saturated rings. The van der Waals surface area contributed by atoms with Gasteiger partial charge < -0.3 is 9.64 Å². The van der Waals surface area contributed by atoms with E-state index >= 15 is 0 Å². The maximum absolute atomic E-state index is 12.3. The van der Waals surface area contributed by atoms with Gasteiger partial charge in [-0.1, -0.05) is 26.8 Å². The summed E-state index contributed by atoms with van der Waals surface area (Å²) in [6.07, 6.45) is 2.61. The second-order valence-electron chi connectivity index (χ2n) is 8.09. The molecule has 2 heterocycles. The van der Waals surface area contributed by atoms with E-state index < -0.39 is 5.60 Å². The molecule has 1 aliphatic rings. The van der Waals surface area contributed by atoms with E-state index in [1.807, 2.05) is 37.9 Å². The average Bonchev–Trinajstić information content (AvgIpc) is 2.54. The average molecular weight is 348 g/mol. The quantitative estimate of drug-likeness (QED) is 0.829. The topological polar surface area (TPSA) is 45.7 Å². The van der Waals surface area contributed by atoms with Crippen molar-refractivity contribution in [2.75, 3.05) is 26.2 Å². The van der Waals surface area contributed by atoms with Crippen LogP contribution in [0.1, 0.15) is 58.8 Å². The van der Waals surface area contributed by atoms with E-state index in [9.17, 15) is 4.79 Å². The summed E-state index contributed by atoms with van der Waals surface area (Å²) in [7, 11) is 0. The van der Waals surface area contributed by atoms with E-state index in [0.29, 0.717) is 25.0 Å². The van der Waals surface area contributed by atoms with Crippen molar-refractivity contribution in [1.29, 1.82) is 0 Å². The standard InChI is InChI=1S/C20H33N3O2/c1-7-17-16(9-8-10-21-17)18(15(2)3)22-11-13-23(14-12-22)19(24)25-20(4,5)6/h8-10,15,18H,7,11-14H2,1-6H3. The van der Waals surface area contributed by atoms with Crippen molar-refractivity contribution >= 4 is 6.09 Å². The van der Waals surface area contributed by atoms with E-state index in [1.165, 1.54) is 11.3 Å². The number of nitrogens with zero attached hydrogens (tertiary/aromatic N) is 3. The highest BCUT2D eigenvalue weighted by Crippen LogP contribution is 2.31. The number of pyridine rings is 1. The van der Waals surface area contributed by atoms with Gasteiger partial charge in [0.25, 0.3) is 0 Å². The van der Waals surface area contributed by atoms with Gasteiger partial charge in [-0.05, 0) is 44.7 Å². The minimum atomic E-state index is -0.444. The Hall–Kier alpha value is -1.62. The number of ether oxygens (including phenoxy) is 1. The summed E-state index contributed by atoms with van der Waals surface area (Å²) in [6.45, 7) is 15.5. The fourth-order valence-electron chi connectivity index (χ4n) is 3.50. The third-order valence-electron chi connectivity index (χ3n) is 4.57. The first-order valence-electron chi connectivity index (χ1n) is 9.38. The van der Waals surface area contributed by atoms with E-state index in [0.717, 1.165) is 19.5 Å². The molecule has 0 saturated carbocycles. The van der Waals surface area contributed by atoms with E-state index in [2.05, 4.69) is 36.7 Å². The van der Waals surface area contributed by atoms with Gasteiger partial charge in [-0.15, -0.1) is 0 Å². The molecule has 5 heteroatoms. The number of carbonyl (C=O) groups excluding carboxylic acids is 1. The van der Waals surface area contributed by atoms with Gasteiger partial charge in [0.1, 0.15) is 5.60 Å². The van der Waals surface area contributed by atoms with Gasteiger partial charge in [0.2, 0.25) is 0 Å². The fourth-order valence-corrected chi connectivity index (χ4v) is 3.50.